The van der Waals surface area contributed by atoms with E-state index < -0.39 is 0 Å². The number of hydrogen-bond donors (Lipinski definition) is 0. The summed E-state index contributed by atoms with van der Waals surface area (Å²) in [5.74, 6) is 0. The fourth-order valence-electron chi connectivity index (χ4n) is 3.14. The van der Waals surface area contributed by atoms with Crippen LogP contribution in [-0.2, 0) is 9.47 Å². The highest BCUT2D eigenvalue weighted by Crippen LogP contribution is 2.21. The van der Waals surface area contributed by atoms with Crippen LogP contribution in [0, 0.1) is 0 Å². The number of piperidine rings is 1. The van der Waals surface area contributed by atoms with Gasteiger partial charge in [0.15, 0.2) is 0 Å². The van der Waals surface area contributed by atoms with Crippen molar-refractivity contribution in [1.29, 1.82) is 0 Å². The van der Waals surface area contributed by atoms with Gasteiger partial charge in [0.25, 0.3) is 0 Å². The molecule has 0 bridgehead atoms. The summed E-state index contributed by atoms with van der Waals surface area (Å²) in [6, 6.07) is 0.583. The zero-order valence-corrected chi connectivity index (χ0v) is 12.3. The van der Waals surface area contributed by atoms with E-state index in [0.717, 1.165) is 39.0 Å². The molecule has 2 aliphatic rings. The Labute approximate surface area is 115 Å². The highest BCUT2D eigenvalue weighted by Gasteiger charge is 2.31. The van der Waals surface area contributed by atoms with Crippen LogP contribution in [0.15, 0.2) is 0 Å². The molecule has 5 nitrogen and oxygen atoms in total. The number of hydrogen-bond acceptors (Lipinski definition) is 4. The molecule has 2 rings (SSSR count). The van der Waals surface area contributed by atoms with Crippen molar-refractivity contribution < 1.29 is 14.3 Å². The van der Waals surface area contributed by atoms with Crippen molar-refractivity contribution in [3.63, 3.8) is 0 Å². The average Bonchev–Trinajstić information content (AvgIpc) is 2.38. The number of carbonyl (C=O) groups is 1. The van der Waals surface area contributed by atoms with Crippen LogP contribution < -0.4 is 0 Å². The number of morpholine rings is 1. The predicted octanol–water partition coefficient (Wildman–Crippen LogP) is 1.72. The first-order chi connectivity index (χ1) is 9.10. The minimum atomic E-state index is -0.162. The molecule has 0 spiro atoms. The van der Waals surface area contributed by atoms with Crippen molar-refractivity contribution in [3.8, 4) is 0 Å². The van der Waals surface area contributed by atoms with Gasteiger partial charge in [0, 0.05) is 32.2 Å². The van der Waals surface area contributed by atoms with Gasteiger partial charge in [-0.3, -0.25) is 4.90 Å². The van der Waals surface area contributed by atoms with Crippen LogP contribution in [-0.4, -0.2) is 66.9 Å². The summed E-state index contributed by atoms with van der Waals surface area (Å²) in [5, 5.41) is 0. The van der Waals surface area contributed by atoms with Gasteiger partial charge in [-0.25, -0.2) is 4.79 Å². The maximum atomic E-state index is 11.7. The number of amides is 1. The van der Waals surface area contributed by atoms with Gasteiger partial charge in [-0.15, -0.1) is 0 Å². The second-order valence-corrected chi connectivity index (χ2v) is 5.63. The summed E-state index contributed by atoms with van der Waals surface area (Å²) in [5.41, 5.74) is 0. The summed E-state index contributed by atoms with van der Waals surface area (Å²) in [4.78, 5) is 16.0. The zero-order chi connectivity index (χ0) is 13.8. The monoisotopic (exact) mass is 270 g/mol. The molecule has 0 aliphatic carbocycles. The lowest BCUT2D eigenvalue weighted by molar-refractivity contribution is -0.0859. The van der Waals surface area contributed by atoms with Crippen LogP contribution in [0.2, 0.25) is 0 Å². The Morgan fingerprint density at radius 1 is 1.21 bits per heavy atom. The fraction of sp³-hybridized carbons (Fsp3) is 0.929. The van der Waals surface area contributed by atoms with Gasteiger partial charge in [-0.2, -0.15) is 0 Å². The lowest BCUT2D eigenvalue weighted by Crippen LogP contribution is -2.53. The van der Waals surface area contributed by atoms with Gasteiger partial charge in [0.1, 0.15) is 0 Å². The molecule has 19 heavy (non-hydrogen) atoms. The van der Waals surface area contributed by atoms with Gasteiger partial charge in [0.05, 0.1) is 18.8 Å². The van der Waals surface area contributed by atoms with E-state index in [1.54, 1.807) is 0 Å². The zero-order valence-electron chi connectivity index (χ0n) is 12.3. The smallest absolute Gasteiger partial charge is 0.409 e. The predicted molar refractivity (Wildman–Crippen MR) is 73.2 cm³/mol. The Morgan fingerprint density at radius 3 is 2.32 bits per heavy atom. The van der Waals surface area contributed by atoms with Crippen LogP contribution in [0.25, 0.3) is 0 Å². The van der Waals surface area contributed by atoms with E-state index in [4.69, 9.17) is 9.47 Å². The van der Waals surface area contributed by atoms with E-state index in [2.05, 4.69) is 18.7 Å². The maximum Gasteiger partial charge on any atom is 0.409 e. The van der Waals surface area contributed by atoms with E-state index in [0.29, 0.717) is 24.9 Å². The third-order valence-corrected chi connectivity index (χ3v) is 3.95. The van der Waals surface area contributed by atoms with E-state index in [9.17, 15) is 4.79 Å². The topological polar surface area (TPSA) is 42.0 Å². The van der Waals surface area contributed by atoms with Crippen molar-refractivity contribution in [3.05, 3.63) is 0 Å². The lowest BCUT2D eigenvalue weighted by Gasteiger charge is -2.43. The first kappa shape index (κ1) is 14.6. The molecular formula is C14H26N2O3. The molecule has 1 amide bonds. The summed E-state index contributed by atoms with van der Waals surface area (Å²) >= 11 is 0. The number of rotatable bonds is 2. The second kappa shape index (κ2) is 6.57. The Bertz CT molecular complexity index is 293. The molecule has 0 radical (unpaired) electrons. The van der Waals surface area contributed by atoms with Gasteiger partial charge in [-0.05, 0) is 33.6 Å². The quantitative estimate of drug-likeness (QED) is 0.766. The van der Waals surface area contributed by atoms with E-state index in [1.165, 1.54) is 0 Å². The molecular weight excluding hydrogens is 244 g/mol. The van der Waals surface area contributed by atoms with Crippen LogP contribution >= 0.6 is 0 Å². The highest BCUT2D eigenvalue weighted by atomic mass is 16.6. The molecule has 2 aliphatic heterocycles. The number of likely N-dealkylation sites (tertiary alicyclic amines) is 1. The Balaban J connectivity index is 1.81. The Kier molecular flexibility index (Phi) is 5.05. The average molecular weight is 270 g/mol. The van der Waals surface area contributed by atoms with Crippen molar-refractivity contribution in [2.45, 2.75) is 51.9 Å². The largest absolute Gasteiger partial charge is 0.450 e. The second-order valence-electron chi connectivity index (χ2n) is 5.63. The van der Waals surface area contributed by atoms with Crippen LogP contribution in [0.3, 0.4) is 0 Å². The van der Waals surface area contributed by atoms with Crippen molar-refractivity contribution in [2.75, 3.05) is 32.8 Å². The third kappa shape index (κ3) is 3.83. The molecule has 110 valence electrons. The maximum absolute atomic E-state index is 11.7. The first-order valence-electron chi connectivity index (χ1n) is 7.41. The standard InChI is InChI=1S/C14H26N2O3/c1-4-18-14(17)15-7-5-13(6-8-15)16-9-11(2)19-12(3)10-16/h11-13H,4-10H2,1-3H3. The van der Waals surface area contributed by atoms with Gasteiger partial charge >= 0.3 is 6.09 Å². The molecule has 2 unspecified atom stereocenters. The summed E-state index contributed by atoms with van der Waals surface area (Å²) in [6.45, 7) is 10.2. The van der Waals surface area contributed by atoms with Crippen molar-refractivity contribution in [1.82, 2.24) is 9.80 Å². The van der Waals surface area contributed by atoms with E-state index in [-0.39, 0.29) is 6.09 Å². The summed E-state index contributed by atoms with van der Waals surface area (Å²) in [7, 11) is 0. The molecule has 2 atom stereocenters. The van der Waals surface area contributed by atoms with Gasteiger partial charge < -0.3 is 14.4 Å². The van der Waals surface area contributed by atoms with Crippen molar-refractivity contribution >= 4 is 6.09 Å². The molecule has 5 heteroatoms. The highest BCUT2D eigenvalue weighted by molar-refractivity contribution is 5.67. The normalized spacial score (nSPS) is 30.4. The Hall–Kier alpha value is -0.810. The van der Waals surface area contributed by atoms with Crippen LogP contribution in [0.1, 0.15) is 33.6 Å². The minimum Gasteiger partial charge on any atom is -0.450 e. The SMILES string of the molecule is CCOC(=O)N1CCC(N2CC(C)OC(C)C2)CC1. The number of ether oxygens (including phenoxy) is 2. The fourth-order valence-corrected chi connectivity index (χ4v) is 3.14. The van der Waals surface area contributed by atoms with E-state index in [1.807, 2.05) is 11.8 Å². The molecule has 2 heterocycles. The molecule has 0 aromatic rings. The third-order valence-electron chi connectivity index (χ3n) is 3.95. The molecule has 0 aromatic carbocycles. The van der Waals surface area contributed by atoms with Crippen LogP contribution in [0.5, 0.6) is 0 Å². The lowest BCUT2D eigenvalue weighted by atomic mass is 10.0. The molecule has 0 aromatic heterocycles. The summed E-state index contributed by atoms with van der Waals surface area (Å²) in [6.07, 6.45) is 2.54. The molecule has 0 saturated carbocycles. The number of nitrogens with zero attached hydrogens (tertiary/aromatic N) is 2. The van der Waals surface area contributed by atoms with Crippen molar-refractivity contribution in [2.24, 2.45) is 0 Å². The Morgan fingerprint density at radius 2 is 1.79 bits per heavy atom. The van der Waals surface area contributed by atoms with Crippen LogP contribution in [0.4, 0.5) is 4.79 Å². The molecule has 2 fully saturated rings. The molecule has 2 saturated heterocycles. The van der Waals surface area contributed by atoms with E-state index >= 15 is 0 Å². The number of carbonyl (C=O) groups excluding carboxylic acids is 1. The summed E-state index contributed by atoms with van der Waals surface area (Å²) < 4.78 is 10.8. The van der Waals surface area contributed by atoms with Gasteiger partial charge in [-0.1, -0.05) is 0 Å². The van der Waals surface area contributed by atoms with Gasteiger partial charge in [0.2, 0.25) is 0 Å². The first-order valence-corrected chi connectivity index (χ1v) is 7.41. The molecule has 0 N–H and O–H groups in total. The minimum absolute atomic E-state index is 0.162.